The predicted molar refractivity (Wildman–Crippen MR) is 64.2 cm³/mol. The van der Waals surface area contributed by atoms with Gasteiger partial charge in [0.1, 0.15) is 0 Å². The van der Waals surface area contributed by atoms with Gasteiger partial charge in [0.05, 0.1) is 0 Å². The molecule has 0 fully saturated rings. The summed E-state index contributed by atoms with van der Waals surface area (Å²) in [6.07, 6.45) is 9.02. The second kappa shape index (κ2) is 3.63. The van der Waals surface area contributed by atoms with Gasteiger partial charge < -0.3 is 5.32 Å². The van der Waals surface area contributed by atoms with Crippen LogP contribution in [0.25, 0.3) is 0 Å². The zero-order valence-corrected chi connectivity index (χ0v) is 8.89. The lowest BCUT2D eigenvalue weighted by atomic mass is 9.81. The summed E-state index contributed by atoms with van der Waals surface area (Å²) in [5.41, 5.74) is 2.22. The Morgan fingerprint density at radius 3 is 2.69 bits per heavy atom. The first-order chi connectivity index (χ1) is 7.84. The minimum Gasteiger partial charge on any atom is -0.326 e. The van der Waals surface area contributed by atoms with E-state index in [0.29, 0.717) is 18.3 Å². The Morgan fingerprint density at radius 1 is 1.12 bits per heavy atom. The van der Waals surface area contributed by atoms with Gasteiger partial charge in [0.15, 0.2) is 0 Å². The largest absolute Gasteiger partial charge is 0.326 e. The van der Waals surface area contributed by atoms with E-state index < -0.39 is 0 Å². The Kier molecular flexibility index (Phi) is 2.13. The highest BCUT2D eigenvalue weighted by atomic mass is 16.1. The van der Waals surface area contributed by atoms with Crippen molar-refractivity contribution in [3.05, 3.63) is 54.1 Å². The van der Waals surface area contributed by atoms with Crippen molar-refractivity contribution in [3.8, 4) is 0 Å². The van der Waals surface area contributed by atoms with Crippen molar-refractivity contribution in [1.82, 2.24) is 0 Å². The van der Waals surface area contributed by atoms with Crippen molar-refractivity contribution >= 4 is 11.6 Å². The zero-order chi connectivity index (χ0) is 11.0. The van der Waals surface area contributed by atoms with E-state index in [1.54, 1.807) is 0 Å². The number of para-hydroxylation sites is 1. The third-order valence-electron chi connectivity index (χ3n) is 3.28. The number of fused-ring (bicyclic) bond motifs is 1. The normalized spacial score (nSPS) is 23.2. The molecular weight excluding hydrogens is 198 g/mol. The monoisotopic (exact) mass is 211 g/mol. The molecule has 2 nitrogen and oxygen atoms in total. The molecular formula is C14H13NO. The van der Waals surface area contributed by atoms with Crippen LogP contribution < -0.4 is 5.32 Å². The van der Waals surface area contributed by atoms with E-state index in [2.05, 4.69) is 35.7 Å². The molecule has 0 saturated heterocycles. The fraction of sp³-hybridized carbons (Fsp3) is 0.214. The number of hydrogen-bond donors (Lipinski definition) is 1. The lowest BCUT2D eigenvalue weighted by Crippen LogP contribution is -2.25. The first kappa shape index (κ1) is 9.40. The molecule has 1 N–H and O–H groups in total. The van der Waals surface area contributed by atoms with Gasteiger partial charge in [0.25, 0.3) is 0 Å². The maximum atomic E-state index is 11.6. The third kappa shape index (κ3) is 1.47. The van der Waals surface area contributed by atoms with Gasteiger partial charge in [-0.15, -0.1) is 0 Å². The molecule has 0 aromatic heterocycles. The summed E-state index contributed by atoms with van der Waals surface area (Å²) in [6.45, 7) is 0. The molecule has 1 heterocycles. The fourth-order valence-electron chi connectivity index (χ4n) is 2.51. The van der Waals surface area contributed by atoms with Gasteiger partial charge >= 0.3 is 0 Å². The second-order valence-electron chi connectivity index (χ2n) is 4.29. The van der Waals surface area contributed by atoms with Crippen molar-refractivity contribution in [3.63, 3.8) is 0 Å². The second-order valence-corrected chi connectivity index (χ2v) is 4.29. The maximum Gasteiger partial charge on any atom is 0.225 e. The van der Waals surface area contributed by atoms with E-state index in [1.807, 2.05) is 18.2 Å². The minimum absolute atomic E-state index is 0.123. The average Bonchev–Trinajstić information content (AvgIpc) is 2.81. The van der Waals surface area contributed by atoms with E-state index in [4.69, 9.17) is 0 Å². The Hall–Kier alpha value is -1.83. The molecule has 16 heavy (non-hydrogen) atoms. The number of nitrogens with one attached hydrogen (secondary N) is 1. The van der Waals surface area contributed by atoms with Gasteiger partial charge in [-0.1, -0.05) is 42.5 Å². The summed E-state index contributed by atoms with van der Waals surface area (Å²) < 4.78 is 0. The van der Waals surface area contributed by atoms with Crippen LogP contribution >= 0.6 is 0 Å². The molecule has 1 aliphatic heterocycles. The van der Waals surface area contributed by atoms with Crippen molar-refractivity contribution in [2.75, 3.05) is 5.32 Å². The third-order valence-corrected chi connectivity index (χ3v) is 3.28. The van der Waals surface area contributed by atoms with Crippen LogP contribution in [0.4, 0.5) is 5.69 Å². The highest BCUT2D eigenvalue weighted by Crippen LogP contribution is 2.39. The van der Waals surface area contributed by atoms with Gasteiger partial charge in [0, 0.05) is 23.9 Å². The van der Waals surface area contributed by atoms with Crippen LogP contribution in [0.5, 0.6) is 0 Å². The van der Waals surface area contributed by atoms with Crippen LogP contribution in [0.15, 0.2) is 48.6 Å². The molecule has 80 valence electrons. The molecule has 0 saturated carbocycles. The number of benzene rings is 1. The lowest BCUT2D eigenvalue weighted by Gasteiger charge is -2.28. The standard InChI is InChI=1S/C14H13NO/c16-14-9-12(10-5-1-2-6-10)11-7-3-4-8-13(11)15-14/h1-8,10,12H,9H2,(H,15,16). The number of hydrogen-bond acceptors (Lipinski definition) is 1. The number of allylic oxidation sites excluding steroid dienone is 4. The minimum atomic E-state index is 0.123. The van der Waals surface area contributed by atoms with Gasteiger partial charge in [-0.25, -0.2) is 0 Å². The summed E-state index contributed by atoms with van der Waals surface area (Å²) in [5.74, 6) is 0.782. The summed E-state index contributed by atoms with van der Waals surface area (Å²) in [5, 5.41) is 2.93. The molecule has 0 bridgehead atoms. The summed E-state index contributed by atoms with van der Waals surface area (Å²) in [6, 6.07) is 8.08. The number of carbonyl (C=O) groups is 1. The summed E-state index contributed by atoms with van der Waals surface area (Å²) >= 11 is 0. The van der Waals surface area contributed by atoms with Crippen LogP contribution in [0.1, 0.15) is 17.9 Å². The lowest BCUT2D eigenvalue weighted by molar-refractivity contribution is -0.117. The van der Waals surface area contributed by atoms with Gasteiger partial charge in [-0.05, 0) is 11.6 Å². The average molecular weight is 211 g/mol. The van der Waals surface area contributed by atoms with Crippen LogP contribution in [-0.2, 0) is 4.79 Å². The molecule has 1 unspecified atom stereocenters. The SMILES string of the molecule is O=C1CC(C2C=CC=C2)c2ccccc2N1. The number of amides is 1. The van der Waals surface area contributed by atoms with E-state index in [-0.39, 0.29) is 5.91 Å². The molecule has 1 aromatic rings. The Morgan fingerprint density at radius 2 is 1.88 bits per heavy atom. The van der Waals surface area contributed by atoms with Crippen molar-refractivity contribution < 1.29 is 4.79 Å². The van der Waals surface area contributed by atoms with Crippen LogP contribution in [0.3, 0.4) is 0 Å². The molecule has 1 aromatic carbocycles. The van der Waals surface area contributed by atoms with Gasteiger partial charge in [-0.2, -0.15) is 0 Å². The quantitative estimate of drug-likeness (QED) is 0.760. The van der Waals surface area contributed by atoms with E-state index in [1.165, 1.54) is 5.56 Å². The topological polar surface area (TPSA) is 29.1 Å². The zero-order valence-electron chi connectivity index (χ0n) is 8.89. The van der Waals surface area contributed by atoms with Crippen LogP contribution in [0.2, 0.25) is 0 Å². The van der Waals surface area contributed by atoms with Crippen molar-refractivity contribution in [1.29, 1.82) is 0 Å². The first-order valence-corrected chi connectivity index (χ1v) is 5.58. The Labute approximate surface area is 94.7 Å². The predicted octanol–water partition coefficient (Wildman–Crippen LogP) is 2.85. The summed E-state index contributed by atoms with van der Waals surface area (Å²) in [4.78, 5) is 11.6. The molecule has 1 amide bonds. The van der Waals surface area contributed by atoms with E-state index >= 15 is 0 Å². The Balaban J connectivity index is 2.03. The number of carbonyl (C=O) groups excluding carboxylic acids is 1. The smallest absolute Gasteiger partial charge is 0.225 e. The molecule has 3 rings (SSSR count). The molecule has 0 spiro atoms. The number of anilines is 1. The van der Waals surface area contributed by atoms with Crippen molar-refractivity contribution in [2.24, 2.45) is 5.92 Å². The fourth-order valence-corrected chi connectivity index (χ4v) is 2.51. The van der Waals surface area contributed by atoms with Crippen LogP contribution in [-0.4, -0.2) is 5.91 Å². The first-order valence-electron chi connectivity index (χ1n) is 5.58. The van der Waals surface area contributed by atoms with E-state index in [9.17, 15) is 4.79 Å². The Bertz CT molecular complexity index is 475. The van der Waals surface area contributed by atoms with Gasteiger partial charge in [0.2, 0.25) is 5.91 Å². The molecule has 0 radical (unpaired) electrons. The molecule has 2 aliphatic rings. The molecule has 1 aliphatic carbocycles. The number of rotatable bonds is 1. The van der Waals surface area contributed by atoms with Crippen LogP contribution in [0, 0.1) is 5.92 Å². The maximum absolute atomic E-state index is 11.6. The molecule has 1 atom stereocenters. The molecule has 2 heteroatoms. The highest BCUT2D eigenvalue weighted by Gasteiger charge is 2.29. The van der Waals surface area contributed by atoms with Crippen molar-refractivity contribution in [2.45, 2.75) is 12.3 Å². The summed E-state index contributed by atoms with van der Waals surface area (Å²) in [7, 11) is 0. The van der Waals surface area contributed by atoms with Gasteiger partial charge in [-0.3, -0.25) is 4.79 Å². The van der Waals surface area contributed by atoms with E-state index in [0.717, 1.165) is 5.69 Å². The highest BCUT2D eigenvalue weighted by molar-refractivity contribution is 5.94.